The molecule has 0 aromatic rings. The van der Waals surface area contributed by atoms with Crippen molar-refractivity contribution in [2.75, 3.05) is 26.2 Å². The predicted octanol–water partition coefficient (Wildman–Crippen LogP) is 0.527. The van der Waals surface area contributed by atoms with Crippen molar-refractivity contribution >= 4 is 5.91 Å². The van der Waals surface area contributed by atoms with Crippen LogP contribution >= 0.6 is 0 Å². The minimum Gasteiger partial charge on any atom is -0.379 e. The molecule has 2 N–H and O–H groups in total. The van der Waals surface area contributed by atoms with E-state index in [-0.39, 0.29) is 17.9 Å². The zero-order chi connectivity index (χ0) is 11.1. The second-order valence-corrected chi connectivity index (χ2v) is 4.25. The Morgan fingerprint density at radius 3 is 3.00 bits per heavy atom. The van der Waals surface area contributed by atoms with Gasteiger partial charge in [-0.2, -0.15) is 0 Å². The number of carbonyl (C=O) groups is 1. The average molecular weight is 214 g/mol. The molecule has 0 bridgehead atoms. The Labute approximate surface area is 91.8 Å². The van der Waals surface area contributed by atoms with Crippen molar-refractivity contribution < 1.29 is 9.53 Å². The van der Waals surface area contributed by atoms with Crippen LogP contribution in [0.3, 0.4) is 0 Å². The Hall–Kier alpha value is -0.610. The highest BCUT2D eigenvalue weighted by molar-refractivity contribution is 5.79. The standard InChI is InChI=1S/C11H22N2O2/c1-9(2)15-7-3-5-13-11(14)10-4-6-12-8-10/h9-10,12H,3-8H2,1-2H3,(H,13,14)/t10-/m0/s1. The SMILES string of the molecule is CC(C)OCCCNC(=O)[C@H]1CCNC1. The first-order chi connectivity index (χ1) is 7.20. The van der Waals surface area contributed by atoms with Gasteiger partial charge in [0.05, 0.1) is 12.0 Å². The summed E-state index contributed by atoms with van der Waals surface area (Å²) < 4.78 is 5.39. The number of nitrogens with one attached hydrogen (secondary N) is 2. The van der Waals surface area contributed by atoms with E-state index in [1.54, 1.807) is 0 Å². The Morgan fingerprint density at radius 1 is 1.60 bits per heavy atom. The van der Waals surface area contributed by atoms with Gasteiger partial charge in [0.15, 0.2) is 0 Å². The summed E-state index contributed by atoms with van der Waals surface area (Å²) in [7, 11) is 0. The van der Waals surface area contributed by atoms with Crippen molar-refractivity contribution in [3.8, 4) is 0 Å². The van der Waals surface area contributed by atoms with Gasteiger partial charge in [-0.05, 0) is 33.2 Å². The molecule has 1 heterocycles. The van der Waals surface area contributed by atoms with Crippen LogP contribution in [0.2, 0.25) is 0 Å². The van der Waals surface area contributed by atoms with Crippen LogP contribution in [0.5, 0.6) is 0 Å². The lowest BCUT2D eigenvalue weighted by molar-refractivity contribution is -0.124. The molecule has 1 atom stereocenters. The molecule has 4 heteroatoms. The summed E-state index contributed by atoms with van der Waals surface area (Å²) in [6.45, 7) is 7.28. The highest BCUT2D eigenvalue weighted by atomic mass is 16.5. The summed E-state index contributed by atoms with van der Waals surface area (Å²) in [6, 6.07) is 0. The molecule has 88 valence electrons. The molecule has 0 spiro atoms. The highest BCUT2D eigenvalue weighted by Gasteiger charge is 2.21. The van der Waals surface area contributed by atoms with E-state index in [1.165, 1.54) is 0 Å². The van der Waals surface area contributed by atoms with Crippen molar-refractivity contribution in [2.24, 2.45) is 5.92 Å². The molecule has 1 saturated heterocycles. The third-order valence-corrected chi connectivity index (χ3v) is 2.50. The molecule has 0 unspecified atom stereocenters. The summed E-state index contributed by atoms with van der Waals surface area (Å²) >= 11 is 0. The van der Waals surface area contributed by atoms with Crippen LogP contribution in [0.25, 0.3) is 0 Å². The summed E-state index contributed by atoms with van der Waals surface area (Å²) in [5.74, 6) is 0.362. The monoisotopic (exact) mass is 214 g/mol. The fourth-order valence-corrected chi connectivity index (χ4v) is 1.63. The van der Waals surface area contributed by atoms with Crippen LogP contribution in [0.15, 0.2) is 0 Å². The average Bonchev–Trinajstić information content (AvgIpc) is 2.69. The predicted molar refractivity (Wildman–Crippen MR) is 59.7 cm³/mol. The van der Waals surface area contributed by atoms with Crippen molar-refractivity contribution in [1.29, 1.82) is 0 Å². The van der Waals surface area contributed by atoms with Crippen molar-refractivity contribution in [2.45, 2.75) is 32.8 Å². The lowest BCUT2D eigenvalue weighted by Crippen LogP contribution is -2.33. The van der Waals surface area contributed by atoms with E-state index in [2.05, 4.69) is 10.6 Å². The maximum atomic E-state index is 11.6. The lowest BCUT2D eigenvalue weighted by atomic mass is 10.1. The van der Waals surface area contributed by atoms with Gasteiger partial charge < -0.3 is 15.4 Å². The number of amides is 1. The molecule has 1 aliphatic rings. The zero-order valence-electron chi connectivity index (χ0n) is 9.71. The molecular formula is C11H22N2O2. The summed E-state index contributed by atoms with van der Waals surface area (Å²) in [5.41, 5.74) is 0. The highest BCUT2D eigenvalue weighted by Crippen LogP contribution is 2.06. The second kappa shape index (κ2) is 6.80. The Morgan fingerprint density at radius 2 is 2.40 bits per heavy atom. The van der Waals surface area contributed by atoms with Gasteiger partial charge in [0, 0.05) is 19.7 Å². The smallest absolute Gasteiger partial charge is 0.224 e. The van der Waals surface area contributed by atoms with E-state index in [1.807, 2.05) is 13.8 Å². The van der Waals surface area contributed by atoms with Crippen LogP contribution < -0.4 is 10.6 Å². The molecule has 1 aliphatic heterocycles. The first kappa shape index (κ1) is 12.5. The molecule has 4 nitrogen and oxygen atoms in total. The van der Waals surface area contributed by atoms with Crippen molar-refractivity contribution in [3.05, 3.63) is 0 Å². The van der Waals surface area contributed by atoms with Crippen molar-refractivity contribution in [3.63, 3.8) is 0 Å². The number of carbonyl (C=O) groups excluding carboxylic acids is 1. The second-order valence-electron chi connectivity index (χ2n) is 4.25. The summed E-state index contributed by atoms with van der Waals surface area (Å²) in [5, 5.41) is 6.12. The summed E-state index contributed by atoms with van der Waals surface area (Å²) in [6.07, 6.45) is 2.14. The van der Waals surface area contributed by atoms with Crippen LogP contribution in [-0.4, -0.2) is 38.3 Å². The van der Waals surface area contributed by atoms with Gasteiger partial charge in [0.2, 0.25) is 5.91 Å². The fourth-order valence-electron chi connectivity index (χ4n) is 1.63. The van der Waals surface area contributed by atoms with Gasteiger partial charge in [-0.3, -0.25) is 4.79 Å². The number of ether oxygens (including phenoxy) is 1. The first-order valence-electron chi connectivity index (χ1n) is 5.80. The normalized spacial score (nSPS) is 20.9. The molecule has 0 aromatic heterocycles. The molecular weight excluding hydrogens is 192 g/mol. The van der Waals surface area contributed by atoms with E-state index in [9.17, 15) is 4.79 Å². The Kier molecular flexibility index (Phi) is 5.65. The van der Waals surface area contributed by atoms with Crippen molar-refractivity contribution in [1.82, 2.24) is 10.6 Å². The molecule has 0 aromatic carbocycles. The number of rotatable bonds is 6. The molecule has 0 saturated carbocycles. The van der Waals surface area contributed by atoms with Crippen LogP contribution in [0.4, 0.5) is 0 Å². The van der Waals surface area contributed by atoms with E-state index in [0.29, 0.717) is 0 Å². The first-order valence-corrected chi connectivity index (χ1v) is 5.80. The van der Waals surface area contributed by atoms with E-state index in [4.69, 9.17) is 4.74 Å². The molecule has 1 rings (SSSR count). The minimum atomic E-state index is 0.177. The third kappa shape index (κ3) is 5.14. The van der Waals surface area contributed by atoms with Gasteiger partial charge in [-0.15, -0.1) is 0 Å². The minimum absolute atomic E-state index is 0.177. The Balaban J connectivity index is 1.97. The Bertz CT molecular complexity index is 189. The van der Waals surface area contributed by atoms with Crippen LogP contribution in [0.1, 0.15) is 26.7 Å². The summed E-state index contributed by atoms with van der Waals surface area (Å²) in [4.78, 5) is 11.6. The van der Waals surface area contributed by atoms with Crippen LogP contribution in [-0.2, 0) is 9.53 Å². The zero-order valence-corrected chi connectivity index (χ0v) is 9.71. The largest absolute Gasteiger partial charge is 0.379 e. The lowest BCUT2D eigenvalue weighted by Gasteiger charge is -2.10. The van der Waals surface area contributed by atoms with E-state index >= 15 is 0 Å². The van der Waals surface area contributed by atoms with Crippen LogP contribution in [0, 0.1) is 5.92 Å². The maximum absolute atomic E-state index is 11.6. The topological polar surface area (TPSA) is 50.4 Å². The molecule has 15 heavy (non-hydrogen) atoms. The molecule has 1 fully saturated rings. The number of hydrogen-bond donors (Lipinski definition) is 2. The van der Waals surface area contributed by atoms with E-state index < -0.39 is 0 Å². The van der Waals surface area contributed by atoms with Gasteiger partial charge >= 0.3 is 0 Å². The van der Waals surface area contributed by atoms with Gasteiger partial charge in [0.25, 0.3) is 0 Å². The van der Waals surface area contributed by atoms with E-state index in [0.717, 1.165) is 39.1 Å². The molecule has 0 radical (unpaired) electrons. The maximum Gasteiger partial charge on any atom is 0.224 e. The molecule has 1 amide bonds. The molecule has 0 aliphatic carbocycles. The number of hydrogen-bond acceptors (Lipinski definition) is 3. The van der Waals surface area contributed by atoms with Gasteiger partial charge in [-0.25, -0.2) is 0 Å². The van der Waals surface area contributed by atoms with Gasteiger partial charge in [0.1, 0.15) is 0 Å². The fraction of sp³-hybridized carbons (Fsp3) is 0.909. The van der Waals surface area contributed by atoms with Gasteiger partial charge in [-0.1, -0.05) is 0 Å². The quantitative estimate of drug-likeness (QED) is 0.634. The third-order valence-electron chi connectivity index (χ3n) is 2.50.